The number of nitrogens with zero attached hydrogens (tertiary/aromatic N) is 4. The molecular weight excluding hydrogens is 402 g/mol. The van der Waals surface area contributed by atoms with E-state index in [1.54, 1.807) is 10.6 Å². The van der Waals surface area contributed by atoms with Crippen molar-refractivity contribution in [1.29, 1.82) is 0 Å². The molecule has 4 rings (SSSR count). The first-order valence-corrected chi connectivity index (χ1v) is 9.16. The minimum absolute atomic E-state index is 0.106. The Labute approximate surface area is 168 Å². The minimum atomic E-state index is -1.29. The van der Waals surface area contributed by atoms with Crippen molar-refractivity contribution in [1.82, 2.24) is 19.7 Å². The van der Waals surface area contributed by atoms with E-state index >= 15 is 0 Å². The second-order valence-electron chi connectivity index (χ2n) is 7.17. The van der Waals surface area contributed by atoms with E-state index in [-0.39, 0.29) is 37.4 Å². The van der Waals surface area contributed by atoms with E-state index < -0.39 is 29.3 Å². The average Bonchev–Trinajstić information content (AvgIpc) is 3.09. The van der Waals surface area contributed by atoms with Crippen LogP contribution in [0.25, 0.3) is 5.69 Å². The van der Waals surface area contributed by atoms with Gasteiger partial charge in [0.1, 0.15) is 18.0 Å². The Kier molecular flexibility index (Phi) is 5.25. The zero-order chi connectivity index (χ0) is 21.4. The fourth-order valence-corrected chi connectivity index (χ4v) is 3.50. The second kappa shape index (κ2) is 7.86. The Balaban J connectivity index is 1.51. The first kappa shape index (κ1) is 20.0. The van der Waals surface area contributed by atoms with Crippen LogP contribution in [-0.2, 0) is 24.3 Å². The van der Waals surface area contributed by atoms with Crippen LogP contribution in [0.5, 0.6) is 0 Å². The predicted octanol–water partition coefficient (Wildman–Crippen LogP) is 2.63. The molecule has 0 radical (unpaired) electrons. The highest BCUT2D eigenvalue weighted by Gasteiger charge is 2.26. The molecule has 2 N–H and O–H groups in total. The van der Waals surface area contributed by atoms with Gasteiger partial charge in [-0.15, -0.1) is 10.2 Å². The van der Waals surface area contributed by atoms with E-state index in [0.717, 1.165) is 6.07 Å². The molecule has 156 valence electrons. The number of carbonyl (C=O) groups excluding carboxylic acids is 1. The Hall–Kier alpha value is -3.27. The third-order valence-corrected chi connectivity index (χ3v) is 4.98. The van der Waals surface area contributed by atoms with Crippen LogP contribution in [0.15, 0.2) is 36.7 Å². The molecule has 0 aliphatic carbocycles. The van der Waals surface area contributed by atoms with E-state index in [2.05, 4.69) is 10.2 Å². The van der Waals surface area contributed by atoms with Gasteiger partial charge in [0, 0.05) is 25.1 Å². The van der Waals surface area contributed by atoms with Crippen molar-refractivity contribution in [2.24, 2.45) is 5.73 Å². The van der Waals surface area contributed by atoms with Crippen molar-refractivity contribution in [3.8, 4) is 5.69 Å². The molecule has 1 aliphatic heterocycles. The standard InChI is InChI=1S/C20H17F4N5O/c21-13-2-1-11-8-28(9-19-27-26-10-29(19)18(11)5-13)20(30)6-14(25)3-12-4-16(23)17(24)7-15(12)22/h1-2,4-5,7,10,14H,3,6,8-9,25H2. The van der Waals surface area contributed by atoms with E-state index in [4.69, 9.17) is 5.73 Å². The summed E-state index contributed by atoms with van der Waals surface area (Å²) >= 11 is 0. The predicted molar refractivity (Wildman–Crippen MR) is 98.2 cm³/mol. The van der Waals surface area contributed by atoms with Gasteiger partial charge in [0.25, 0.3) is 0 Å². The Morgan fingerprint density at radius 2 is 1.83 bits per heavy atom. The molecule has 1 amide bonds. The average molecular weight is 419 g/mol. The van der Waals surface area contributed by atoms with Gasteiger partial charge in [0.15, 0.2) is 17.5 Å². The highest BCUT2D eigenvalue weighted by molar-refractivity contribution is 5.77. The number of rotatable bonds is 4. The largest absolute Gasteiger partial charge is 0.331 e. The first-order chi connectivity index (χ1) is 14.3. The Morgan fingerprint density at radius 1 is 1.07 bits per heavy atom. The highest BCUT2D eigenvalue weighted by atomic mass is 19.2. The van der Waals surface area contributed by atoms with Gasteiger partial charge in [-0.3, -0.25) is 9.36 Å². The summed E-state index contributed by atoms with van der Waals surface area (Å²) < 4.78 is 55.7. The van der Waals surface area contributed by atoms with E-state index in [1.165, 1.54) is 23.4 Å². The second-order valence-corrected chi connectivity index (χ2v) is 7.17. The number of hydrogen-bond donors (Lipinski definition) is 1. The zero-order valence-corrected chi connectivity index (χ0v) is 15.7. The maximum atomic E-state index is 13.9. The van der Waals surface area contributed by atoms with Gasteiger partial charge in [0.2, 0.25) is 5.91 Å². The summed E-state index contributed by atoms with van der Waals surface area (Å²) in [5, 5.41) is 7.82. The smallest absolute Gasteiger partial charge is 0.224 e. The van der Waals surface area contributed by atoms with Crippen molar-refractivity contribution in [3.63, 3.8) is 0 Å². The first-order valence-electron chi connectivity index (χ1n) is 9.16. The summed E-state index contributed by atoms with van der Waals surface area (Å²) in [6, 6.07) is 4.61. The SMILES string of the molecule is NC(CC(=O)N1Cc2ccc(F)cc2-n2cnnc2C1)Cc1cc(F)c(F)cc1F. The van der Waals surface area contributed by atoms with Gasteiger partial charge in [-0.1, -0.05) is 6.07 Å². The summed E-state index contributed by atoms with van der Waals surface area (Å²) in [7, 11) is 0. The monoisotopic (exact) mass is 419 g/mol. The van der Waals surface area contributed by atoms with Gasteiger partial charge in [-0.25, -0.2) is 17.6 Å². The quantitative estimate of drug-likeness (QED) is 0.521. The normalized spacial score (nSPS) is 14.1. The summed E-state index contributed by atoms with van der Waals surface area (Å²) in [5.41, 5.74) is 7.12. The number of aromatic nitrogens is 3. The Morgan fingerprint density at radius 3 is 2.63 bits per heavy atom. The highest BCUT2D eigenvalue weighted by Crippen LogP contribution is 2.25. The molecule has 6 nitrogen and oxygen atoms in total. The lowest BCUT2D eigenvalue weighted by Gasteiger charge is -2.22. The molecule has 0 spiro atoms. The van der Waals surface area contributed by atoms with Gasteiger partial charge in [-0.05, 0) is 35.7 Å². The molecule has 2 aromatic carbocycles. The molecule has 30 heavy (non-hydrogen) atoms. The van der Waals surface area contributed by atoms with E-state index in [0.29, 0.717) is 23.1 Å². The molecule has 3 aromatic rings. The van der Waals surface area contributed by atoms with Crippen molar-refractivity contribution in [3.05, 3.63) is 76.9 Å². The third-order valence-electron chi connectivity index (χ3n) is 4.98. The van der Waals surface area contributed by atoms with Gasteiger partial charge >= 0.3 is 0 Å². The van der Waals surface area contributed by atoms with E-state index in [1.807, 2.05) is 0 Å². The summed E-state index contributed by atoms with van der Waals surface area (Å²) in [6.45, 7) is 0.325. The molecular formula is C20H17F4N5O. The van der Waals surface area contributed by atoms with Gasteiger partial charge < -0.3 is 10.6 Å². The van der Waals surface area contributed by atoms with Crippen LogP contribution >= 0.6 is 0 Å². The number of halogens is 4. The number of hydrogen-bond acceptors (Lipinski definition) is 4. The molecule has 1 aromatic heterocycles. The van der Waals surface area contributed by atoms with Crippen LogP contribution in [0.2, 0.25) is 0 Å². The minimum Gasteiger partial charge on any atom is -0.331 e. The van der Waals surface area contributed by atoms with Crippen LogP contribution in [0.4, 0.5) is 17.6 Å². The maximum Gasteiger partial charge on any atom is 0.224 e. The molecule has 0 saturated heterocycles. The third kappa shape index (κ3) is 3.90. The lowest BCUT2D eigenvalue weighted by Crippen LogP contribution is -2.36. The van der Waals surface area contributed by atoms with Gasteiger partial charge in [-0.2, -0.15) is 0 Å². The number of benzene rings is 2. The summed E-state index contributed by atoms with van der Waals surface area (Å²) in [6.07, 6.45) is 1.16. The lowest BCUT2D eigenvalue weighted by atomic mass is 10.0. The van der Waals surface area contributed by atoms with Crippen LogP contribution in [0.3, 0.4) is 0 Å². The van der Waals surface area contributed by atoms with Crippen LogP contribution in [0.1, 0.15) is 23.4 Å². The van der Waals surface area contributed by atoms with Crippen molar-refractivity contribution in [2.75, 3.05) is 0 Å². The molecule has 1 atom stereocenters. The summed E-state index contributed by atoms with van der Waals surface area (Å²) in [5.74, 6) is -3.70. The fraction of sp³-hybridized carbons (Fsp3) is 0.250. The molecule has 0 saturated carbocycles. The van der Waals surface area contributed by atoms with Crippen LogP contribution < -0.4 is 5.73 Å². The molecule has 0 fully saturated rings. The number of amides is 1. The molecule has 1 unspecified atom stereocenters. The summed E-state index contributed by atoms with van der Waals surface area (Å²) in [4.78, 5) is 14.3. The Bertz CT molecular complexity index is 1120. The zero-order valence-electron chi connectivity index (χ0n) is 15.7. The fourth-order valence-electron chi connectivity index (χ4n) is 3.50. The maximum absolute atomic E-state index is 13.9. The number of fused-ring (bicyclic) bond motifs is 3. The molecule has 0 bridgehead atoms. The lowest BCUT2D eigenvalue weighted by molar-refractivity contribution is -0.132. The van der Waals surface area contributed by atoms with Crippen molar-refractivity contribution < 1.29 is 22.4 Å². The molecule has 10 heteroatoms. The van der Waals surface area contributed by atoms with E-state index in [9.17, 15) is 22.4 Å². The van der Waals surface area contributed by atoms with Crippen molar-refractivity contribution in [2.45, 2.75) is 32.0 Å². The number of nitrogens with two attached hydrogens (primary N) is 1. The van der Waals surface area contributed by atoms with Gasteiger partial charge in [0.05, 0.1) is 12.2 Å². The topological polar surface area (TPSA) is 77.0 Å². The van der Waals surface area contributed by atoms with Crippen molar-refractivity contribution >= 4 is 5.91 Å². The van der Waals surface area contributed by atoms with Crippen LogP contribution in [-0.4, -0.2) is 31.6 Å². The number of carbonyl (C=O) groups is 1. The van der Waals surface area contributed by atoms with Crippen LogP contribution in [0, 0.1) is 23.3 Å². The molecule has 1 aliphatic rings. The molecule has 2 heterocycles.